The fourth-order valence-electron chi connectivity index (χ4n) is 1.46. The molecule has 18 heavy (non-hydrogen) atoms. The van der Waals surface area contributed by atoms with E-state index in [0.717, 1.165) is 11.3 Å². The van der Waals surface area contributed by atoms with Gasteiger partial charge in [-0.1, -0.05) is 26.0 Å². The third-order valence-corrected chi connectivity index (χ3v) is 2.40. The van der Waals surface area contributed by atoms with Gasteiger partial charge in [0.2, 0.25) is 5.91 Å². The number of carboxylic acids is 1. The third-order valence-electron chi connectivity index (χ3n) is 2.40. The first-order valence-electron chi connectivity index (χ1n) is 5.81. The molecular formula is C13H18N2O3. The molecule has 0 saturated carbocycles. The first-order valence-corrected chi connectivity index (χ1v) is 5.81. The van der Waals surface area contributed by atoms with Crippen LogP contribution in [0.1, 0.15) is 25.3 Å². The van der Waals surface area contributed by atoms with E-state index in [-0.39, 0.29) is 19.0 Å². The molecule has 1 aromatic rings. The zero-order valence-corrected chi connectivity index (χ0v) is 10.6. The normalized spacial score (nSPS) is 10.4. The SMILES string of the molecule is CC(C)c1cccc(NC(=O)CNCC(=O)O)c1. The molecule has 98 valence electrons. The fraction of sp³-hybridized carbons (Fsp3) is 0.385. The van der Waals surface area contributed by atoms with E-state index in [4.69, 9.17) is 5.11 Å². The minimum atomic E-state index is -0.982. The number of carbonyl (C=O) groups is 2. The Morgan fingerprint density at radius 2 is 2.00 bits per heavy atom. The van der Waals surface area contributed by atoms with Gasteiger partial charge in [-0.15, -0.1) is 0 Å². The standard InChI is InChI=1S/C13H18N2O3/c1-9(2)10-4-3-5-11(6-10)15-12(16)7-14-8-13(17)18/h3-6,9,14H,7-8H2,1-2H3,(H,15,16)(H,17,18). The smallest absolute Gasteiger partial charge is 0.317 e. The van der Waals surface area contributed by atoms with Gasteiger partial charge in [0.15, 0.2) is 0 Å². The minimum absolute atomic E-state index is 0.0157. The molecule has 0 heterocycles. The van der Waals surface area contributed by atoms with Crippen molar-refractivity contribution in [3.8, 4) is 0 Å². The van der Waals surface area contributed by atoms with E-state index in [2.05, 4.69) is 24.5 Å². The molecule has 3 N–H and O–H groups in total. The molecule has 0 atom stereocenters. The number of anilines is 1. The lowest BCUT2D eigenvalue weighted by Crippen LogP contribution is -2.31. The Balaban J connectivity index is 2.49. The molecule has 1 amide bonds. The fourth-order valence-corrected chi connectivity index (χ4v) is 1.46. The van der Waals surface area contributed by atoms with E-state index in [0.29, 0.717) is 5.92 Å². The summed E-state index contributed by atoms with van der Waals surface area (Å²) in [4.78, 5) is 21.8. The van der Waals surface area contributed by atoms with Crippen LogP contribution in [0.15, 0.2) is 24.3 Å². The number of amides is 1. The quantitative estimate of drug-likeness (QED) is 0.713. The van der Waals surface area contributed by atoms with Crippen LogP contribution < -0.4 is 10.6 Å². The minimum Gasteiger partial charge on any atom is -0.480 e. The van der Waals surface area contributed by atoms with E-state index in [1.807, 2.05) is 18.2 Å². The van der Waals surface area contributed by atoms with E-state index < -0.39 is 5.97 Å². The molecule has 0 fully saturated rings. The van der Waals surface area contributed by atoms with Crippen molar-refractivity contribution in [2.24, 2.45) is 0 Å². The molecule has 0 radical (unpaired) electrons. The van der Waals surface area contributed by atoms with Gasteiger partial charge in [0.1, 0.15) is 0 Å². The highest BCUT2D eigenvalue weighted by Crippen LogP contribution is 2.18. The maximum Gasteiger partial charge on any atom is 0.317 e. The average molecular weight is 250 g/mol. The van der Waals surface area contributed by atoms with E-state index in [1.54, 1.807) is 6.07 Å². The maximum absolute atomic E-state index is 11.5. The van der Waals surface area contributed by atoms with Crippen LogP contribution >= 0.6 is 0 Å². The van der Waals surface area contributed by atoms with Crippen LogP contribution in [0.5, 0.6) is 0 Å². The van der Waals surface area contributed by atoms with Gasteiger partial charge in [-0.25, -0.2) is 0 Å². The molecular weight excluding hydrogens is 232 g/mol. The van der Waals surface area contributed by atoms with Crippen molar-refractivity contribution in [2.45, 2.75) is 19.8 Å². The Hall–Kier alpha value is -1.88. The Labute approximate surface area is 106 Å². The summed E-state index contributed by atoms with van der Waals surface area (Å²) in [5.41, 5.74) is 1.87. The van der Waals surface area contributed by atoms with Crippen LogP contribution in [0.3, 0.4) is 0 Å². The zero-order chi connectivity index (χ0) is 13.5. The number of carbonyl (C=O) groups excluding carboxylic acids is 1. The molecule has 0 aromatic heterocycles. The molecule has 0 unspecified atom stereocenters. The van der Waals surface area contributed by atoms with Crippen LogP contribution in [0.2, 0.25) is 0 Å². The third kappa shape index (κ3) is 4.97. The van der Waals surface area contributed by atoms with Gasteiger partial charge in [-0.2, -0.15) is 0 Å². The lowest BCUT2D eigenvalue weighted by molar-refractivity contribution is -0.135. The van der Waals surface area contributed by atoms with Crippen LogP contribution in [0, 0.1) is 0 Å². The summed E-state index contributed by atoms with van der Waals surface area (Å²) < 4.78 is 0. The van der Waals surface area contributed by atoms with E-state index in [1.165, 1.54) is 0 Å². The summed E-state index contributed by atoms with van der Waals surface area (Å²) >= 11 is 0. The largest absolute Gasteiger partial charge is 0.480 e. The van der Waals surface area contributed by atoms with Crippen molar-refractivity contribution >= 4 is 17.6 Å². The molecule has 5 nitrogen and oxygen atoms in total. The van der Waals surface area contributed by atoms with Crippen LogP contribution in [0.4, 0.5) is 5.69 Å². The Morgan fingerprint density at radius 1 is 1.28 bits per heavy atom. The highest BCUT2D eigenvalue weighted by atomic mass is 16.4. The number of nitrogens with one attached hydrogen (secondary N) is 2. The Kier molecular flexibility index (Phi) is 5.32. The van der Waals surface area contributed by atoms with Crippen molar-refractivity contribution in [1.82, 2.24) is 5.32 Å². The molecule has 0 bridgehead atoms. The highest BCUT2D eigenvalue weighted by molar-refractivity contribution is 5.92. The lowest BCUT2D eigenvalue weighted by atomic mass is 10.0. The number of hydrogen-bond acceptors (Lipinski definition) is 3. The van der Waals surface area contributed by atoms with Gasteiger partial charge in [-0.05, 0) is 23.6 Å². The van der Waals surface area contributed by atoms with Gasteiger partial charge in [0, 0.05) is 5.69 Å². The molecule has 1 aromatic carbocycles. The summed E-state index contributed by atoms with van der Waals surface area (Å²) in [5, 5.41) is 13.7. The predicted molar refractivity (Wildman–Crippen MR) is 69.7 cm³/mol. The average Bonchev–Trinajstić information content (AvgIpc) is 2.28. The first-order chi connectivity index (χ1) is 8.49. The van der Waals surface area contributed by atoms with Crippen LogP contribution in [0.25, 0.3) is 0 Å². The topological polar surface area (TPSA) is 78.4 Å². The monoisotopic (exact) mass is 250 g/mol. The molecule has 0 aliphatic heterocycles. The van der Waals surface area contributed by atoms with E-state index in [9.17, 15) is 9.59 Å². The number of carboxylic acid groups (broad SMARTS) is 1. The highest BCUT2D eigenvalue weighted by Gasteiger charge is 2.05. The molecule has 5 heteroatoms. The van der Waals surface area contributed by atoms with Crippen molar-refractivity contribution < 1.29 is 14.7 Å². The van der Waals surface area contributed by atoms with Gasteiger partial charge < -0.3 is 10.4 Å². The lowest BCUT2D eigenvalue weighted by Gasteiger charge is -2.09. The summed E-state index contributed by atoms with van der Waals surface area (Å²) in [5.74, 6) is -0.839. The summed E-state index contributed by atoms with van der Waals surface area (Å²) in [6.45, 7) is 3.92. The summed E-state index contributed by atoms with van der Waals surface area (Å²) in [6, 6.07) is 7.61. The molecule has 1 rings (SSSR count). The van der Waals surface area contributed by atoms with E-state index >= 15 is 0 Å². The summed E-state index contributed by atoms with van der Waals surface area (Å²) in [7, 11) is 0. The number of aliphatic carboxylic acids is 1. The van der Waals surface area contributed by atoms with Crippen LogP contribution in [-0.2, 0) is 9.59 Å². The Bertz CT molecular complexity index is 430. The Morgan fingerprint density at radius 3 is 2.61 bits per heavy atom. The first kappa shape index (κ1) is 14.2. The predicted octanol–water partition coefficient (Wildman–Crippen LogP) is 1.42. The van der Waals surface area contributed by atoms with Crippen molar-refractivity contribution in [3.63, 3.8) is 0 Å². The second-order valence-corrected chi connectivity index (χ2v) is 4.33. The number of rotatable bonds is 6. The van der Waals surface area contributed by atoms with Crippen molar-refractivity contribution in [2.75, 3.05) is 18.4 Å². The second kappa shape index (κ2) is 6.76. The summed E-state index contributed by atoms with van der Waals surface area (Å²) in [6.07, 6.45) is 0. The molecule has 0 spiro atoms. The molecule has 0 saturated heterocycles. The van der Waals surface area contributed by atoms with Crippen LogP contribution in [-0.4, -0.2) is 30.1 Å². The number of hydrogen-bond donors (Lipinski definition) is 3. The van der Waals surface area contributed by atoms with Crippen molar-refractivity contribution in [1.29, 1.82) is 0 Å². The van der Waals surface area contributed by atoms with Gasteiger partial charge in [-0.3, -0.25) is 14.9 Å². The molecule has 0 aliphatic rings. The van der Waals surface area contributed by atoms with Gasteiger partial charge in [0.25, 0.3) is 0 Å². The maximum atomic E-state index is 11.5. The molecule has 0 aliphatic carbocycles. The zero-order valence-electron chi connectivity index (χ0n) is 10.6. The van der Waals surface area contributed by atoms with Crippen molar-refractivity contribution in [3.05, 3.63) is 29.8 Å². The van der Waals surface area contributed by atoms with Gasteiger partial charge in [0.05, 0.1) is 13.1 Å². The number of benzene rings is 1. The second-order valence-electron chi connectivity index (χ2n) is 4.33. The van der Waals surface area contributed by atoms with Gasteiger partial charge >= 0.3 is 5.97 Å².